The summed E-state index contributed by atoms with van der Waals surface area (Å²) in [5, 5.41) is 0.532. The van der Waals surface area contributed by atoms with Gasteiger partial charge in [0.25, 0.3) is 0 Å². The Morgan fingerprint density at radius 2 is 1.91 bits per heavy atom. The molecule has 0 amide bonds. The zero-order chi connectivity index (χ0) is 16.6. The van der Waals surface area contributed by atoms with E-state index >= 15 is 0 Å². The Kier molecular flexibility index (Phi) is 3.60. The number of halogens is 3. The minimum atomic E-state index is -4.44. The summed E-state index contributed by atoms with van der Waals surface area (Å²) in [5.41, 5.74) is 0.332. The summed E-state index contributed by atoms with van der Waals surface area (Å²) in [6.45, 7) is 0. The molecule has 0 spiro atoms. The van der Waals surface area contributed by atoms with Crippen LogP contribution in [0.4, 0.5) is 13.2 Å². The molecule has 0 atom stereocenters. The maximum Gasteiger partial charge on any atom is 0.416 e. The summed E-state index contributed by atoms with van der Waals surface area (Å²) in [6, 6.07) is 9.52. The molecule has 3 aromatic rings. The van der Waals surface area contributed by atoms with Gasteiger partial charge >= 0.3 is 6.18 Å². The number of aldehydes is 1. The van der Waals surface area contributed by atoms with Crippen LogP contribution in [0.3, 0.4) is 0 Å². The van der Waals surface area contributed by atoms with Crippen LogP contribution in [0.5, 0.6) is 5.75 Å². The van der Waals surface area contributed by atoms with Crippen LogP contribution in [0, 0.1) is 0 Å². The summed E-state index contributed by atoms with van der Waals surface area (Å²) in [6.07, 6.45) is -3.77. The Bertz CT molecular complexity index is 878. The van der Waals surface area contributed by atoms with Crippen LogP contribution in [-0.2, 0) is 6.18 Å². The predicted molar refractivity (Wildman–Crippen MR) is 78.6 cm³/mol. The van der Waals surface area contributed by atoms with Crippen LogP contribution in [0.1, 0.15) is 15.9 Å². The van der Waals surface area contributed by atoms with Gasteiger partial charge in [-0.15, -0.1) is 0 Å². The quantitative estimate of drug-likeness (QED) is 0.642. The number of carbonyl (C=O) groups is 1. The standard InChI is InChI=1S/C17H11F3O3/c1-22-16-13-7-10(9-21)5-6-14(13)23-15(16)11-3-2-4-12(8-11)17(18,19)20/h2-9H,1H3. The lowest BCUT2D eigenvalue weighted by molar-refractivity contribution is -0.137. The molecule has 3 rings (SSSR count). The minimum Gasteiger partial charge on any atom is -0.492 e. The summed E-state index contributed by atoms with van der Waals surface area (Å²) < 4.78 is 49.5. The third-order valence-electron chi connectivity index (χ3n) is 3.46. The van der Waals surface area contributed by atoms with E-state index in [1.807, 2.05) is 0 Å². The van der Waals surface area contributed by atoms with Crippen molar-refractivity contribution in [2.24, 2.45) is 0 Å². The van der Waals surface area contributed by atoms with Gasteiger partial charge in [-0.05, 0) is 30.3 Å². The smallest absolute Gasteiger partial charge is 0.416 e. The number of carbonyl (C=O) groups excluding carboxylic acids is 1. The van der Waals surface area contributed by atoms with Gasteiger partial charge in [0.2, 0.25) is 0 Å². The Morgan fingerprint density at radius 3 is 2.57 bits per heavy atom. The van der Waals surface area contributed by atoms with Crippen molar-refractivity contribution in [2.45, 2.75) is 6.18 Å². The molecule has 0 fully saturated rings. The van der Waals surface area contributed by atoms with Gasteiger partial charge in [-0.3, -0.25) is 4.79 Å². The molecule has 6 heteroatoms. The molecule has 2 aromatic carbocycles. The summed E-state index contributed by atoms with van der Waals surface area (Å²) >= 11 is 0. The first kappa shape index (κ1) is 15.1. The first-order chi connectivity index (χ1) is 10.9. The number of methoxy groups -OCH3 is 1. The number of benzene rings is 2. The fourth-order valence-electron chi connectivity index (χ4n) is 2.40. The van der Waals surface area contributed by atoms with Gasteiger partial charge < -0.3 is 9.15 Å². The largest absolute Gasteiger partial charge is 0.492 e. The van der Waals surface area contributed by atoms with E-state index in [0.29, 0.717) is 28.6 Å². The van der Waals surface area contributed by atoms with Crippen molar-refractivity contribution in [3.63, 3.8) is 0 Å². The van der Waals surface area contributed by atoms with Gasteiger partial charge in [-0.2, -0.15) is 13.2 Å². The van der Waals surface area contributed by atoms with Gasteiger partial charge in [-0.25, -0.2) is 0 Å². The van der Waals surface area contributed by atoms with Crippen LogP contribution in [-0.4, -0.2) is 13.4 Å². The molecule has 1 heterocycles. The molecular formula is C17H11F3O3. The van der Waals surface area contributed by atoms with E-state index in [9.17, 15) is 18.0 Å². The number of ether oxygens (including phenoxy) is 1. The molecule has 1 aromatic heterocycles. The monoisotopic (exact) mass is 320 g/mol. The van der Waals surface area contributed by atoms with E-state index in [1.165, 1.54) is 19.2 Å². The van der Waals surface area contributed by atoms with Crippen molar-refractivity contribution in [2.75, 3.05) is 7.11 Å². The third kappa shape index (κ3) is 2.67. The van der Waals surface area contributed by atoms with E-state index < -0.39 is 11.7 Å². The zero-order valence-electron chi connectivity index (χ0n) is 12.0. The highest BCUT2D eigenvalue weighted by atomic mass is 19.4. The Balaban J connectivity index is 2.22. The van der Waals surface area contributed by atoms with Gasteiger partial charge in [0.05, 0.1) is 18.1 Å². The van der Waals surface area contributed by atoms with Crippen molar-refractivity contribution in [3.8, 4) is 17.1 Å². The van der Waals surface area contributed by atoms with Crippen LogP contribution in [0.2, 0.25) is 0 Å². The van der Waals surface area contributed by atoms with Crippen molar-refractivity contribution in [3.05, 3.63) is 53.6 Å². The van der Waals surface area contributed by atoms with Crippen molar-refractivity contribution in [1.29, 1.82) is 0 Å². The predicted octanol–water partition coefficient (Wildman–Crippen LogP) is 4.94. The molecule has 0 radical (unpaired) electrons. The number of rotatable bonds is 3. The normalized spacial score (nSPS) is 11.7. The highest BCUT2D eigenvalue weighted by Gasteiger charge is 2.31. The van der Waals surface area contributed by atoms with Gasteiger partial charge in [0, 0.05) is 11.1 Å². The topological polar surface area (TPSA) is 39.4 Å². The second-order valence-corrected chi connectivity index (χ2v) is 4.92. The molecule has 0 N–H and O–H groups in total. The molecule has 0 unspecified atom stereocenters. The number of hydrogen-bond acceptors (Lipinski definition) is 3. The van der Waals surface area contributed by atoms with Crippen molar-refractivity contribution < 1.29 is 27.1 Å². The first-order valence-electron chi connectivity index (χ1n) is 6.67. The van der Waals surface area contributed by atoms with Crippen LogP contribution < -0.4 is 4.74 Å². The maximum atomic E-state index is 12.9. The van der Waals surface area contributed by atoms with Gasteiger partial charge in [0.1, 0.15) is 11.9 Å². The highest BCUT2D eigenvalue weighted by Crippen LogP contribution is 2.41. The Morgan fingerprint density at radius 1 is 1.13 bits per heavy atom. The molecule has 0 aliphatic rings. The second-order valence-electron chi connectivity index (χ2n) is 4.92. The Labute approximate surface area is 129 Å². The number of hydrogen-bond donors (Lipinski definition) is 0. The van der Waals surface area contributed by atoms with E-state index in [0.717, 1.165) is 12.1 Å². The maximum absolute atomic E-state index is 12.9. The Hall–Kier alpha value is -2.76. The lowest BCUT2D eigenvalue weighted by Gasteiger charge is -2.08. The van der Waals surface area contributed by atoms with Gasteiger partial charge in [0.15, 0.2) is 11.5 Å². The van der Waals surface area contributed by atoms with Crippen LogP contribution in [0.25, 0.3) is 22.3 Å². The average Bonchev–Trinajstić information content (AvgIpc) is 2.91. The third-order valence-corrected chi connectivity index (χ3v) is 3.46. The molecule has 0 aliphatic heterocycles. The average molecular weight is 320 g/mol. The minimum absolute atomic E-state index is 0.191. The molecule has 3 nitrogen and oxygen atoms in total. The first-order valence-corrected chi connectivity index (χ1v) is 6.67. The molecule has 23 heavy (non-hydrogen) atoms. The van der Waals surface area contributed by atoms with Crippen molar-refractivity contribution in [1.82, 2.24) is 0 Å². The molecular weight excluding hydrogens is 309 g/mol. The van der Waals surface area contributed by atoms with E-state index in [1.54, 1.807) is 18.2 Å². The van der Waals surface area contributed by atoms with Crippen LogP contribution in [0.15, 0.2) is 46.9 Å². The van der Waals surface area contributed by atoms with E-state index in [2.05, 4.69) is 0 Å². The summed E-state index contributed by atoms with van der Waals surface area (Å²) in [7, 11) is 1.40. The summed E-state index contributed by atoms with van der Waals surface area (Å²) in [4.78, 5) is 10.9. The number of fused-ring (bicyclic) bond motifs is 1. The lowest BCUT2D eigenvalue weighted by atomic mass is 10.1. The molecule has 0 saturated carbocycles. The molecule has 0 saturated heterocycles. The number of alkyl halides is 3. The molecule has 118 valence electrons. The number of furan rings is 1. The SMILES string of the molecule is COc1c(-c2cccc(C(F)(F)F)c2)oc2ccc(C=O)cc12. The molecule has 0 aliphatic carbocycles. The van der Waals surface area contributed by atoms with Crippen molar-refractivity contribution >= 4 is 17.3 Å². The van der Waals surface area contributed by atoms with Crippen LogP contribution >= 0.6 is 0 Å². The van der Waals surface area contributed by atoms with Gasteiger partial charge in [-0.1, -0.05) is 12.1 Å². The molecule has 0 bridgehead atoms. The second kappa shape index (κ2) is 5.46. The fourth-order valence-corrected chi connectivity index (χ4v) is 2.40. The zero-order valence-corrected chi connectivity index (χ0v) is 12.0. The fraction of sp³-hybridized carbons (Fsp3) is 0.118. The lowest BCUT2D eigenvalue weighted by Crippen LogP contribution is -2.04. The van der Waals surface area contributed by atoms with E-state index in [4.69, 9.17) is 9.15 Å². The van der Waals surface area contributed by atoms with E-state index in [-0.39, 0.29) is 11.3 Å². The summed E-state index contributed by atoms with van der Waals surface area (Å²) in [5.74, 6) is 0.486. The highest BCUT2D eigenvalue weighted by molar-refractivity contribution is 5.95.